The summed E-state index contributed by atoms with van der Waals surface area (Å²) in [6.07, 6.45) is 1.54. The van der Waals surface area contributed by atoms with Gasteiger partial charge in [-0.25, -0.2) is 8.42 Å². The number of rotatable bonds is 7. The highest BCUT2D eigenvalue weighted by molar-refractivity contribution is 7.92. The van der Waals surface area contributed by atoms with Crippen molar-refractivity contribution < 1.29 is 13.2 Å². The second-order valence-corrected chi connectivity index (χ2v) is 10.8. The van der Waals surface area contributed by atoms with Crippen LogP contribution in [0.1, 0.15) is 64.2 Å². The fourth-order valence-corrected chi connectivity index (χ4v) is 6.63. The van der Waals surface area contributed by atoms with Crippen LogP contribution in [0.25, 0.3) is 0 Å². The predicted molar refractivity (Wildman–Crippen MR) is 131 cm³/mol. The summed E-state index contributed by atoms with van der Waals surface area (Å²) in [7, 11) is -3.40. The number of fused-ring (bicyclic) bond motifs is 1. The van der Waals surface area contributed by atoms with Gasteiger partial charge in [0.1, 0.15) is 0 Å². The van der Waals surface area contributed by atoms with Crippen molar-refractivity contribution >= 4 is 21.6 Å². The first-order chi connectivity index (χ1) is 16.0. The molecule has 0 heterocycles. The number of amides is 1. The lowest BCUT2D eigenvalue weighted by molar-refractivity contribution is 0.0943. The number of carbonyl (C=O) groups is 1. The number of nitrogens with one attached hydrogen (secondary N) is 2. The zero-order valence-electron chi connectivity index (χ0n) is 18.6. The molecule has 0 spiro atoms. The third-order valence-corrected chi connectivity index (χ3v) is 8.31. The van der Waals surface area contributed by atoms with Crippen molar-refractivity contribution in [3.8, 4) is 0 Å². The van der Waals surface area contributed by atoms with Crippen LogP contribution in [0.5, 0.6) is 0 Å². The summed E-state index contributed by atoms with van der Waals surface area (Å²) in [4.78, 5) is 12.9. The van der Waals surface area contributed by atoms with E-state index >= 15 is 0 Å². The number of sulfonamides is 1. The average molecular weight is 461 g/mol. The second-order valence-electron chi connectivity index (χ2n) is 9.00. The van der Waals surface area contributed by atoms with E-state index in [0.717, 1.165) is 6.42 Å². The largest absolute Gasteiger partial charge is 0.352 e. The highest BCUT2D eigenvalue weighted by atomic mass is 32.2. The van der Waals surface area contributed by atoms with Crippen molar-refractivity contribution in [2.75, 3.05) is 17.0 Å². The van der Waals surface area contributed by atoms with Gasteiger partial charge in [-0.05, 0) is 59.2 Å². The molecule has 1 amide bonds. The molecule has 0 aromatic heterocycles. The minimum Gasteiger partial charge on any atom is -0.352 e. The molecule has 6 heteroatoms. The van der Waals surface area contributed by atoms with Crippen molar-refractivity contribution in [1.29, 1.82) is 0 Å². The Morgan fingerprint density at radius 2 is 1.55 bits per heavy atom. The van der Waals surface area contributed by atoms with Gasteiger partial charge in [0.05, 0.1) is 5.75 Å². The molecule has 6 rings (SSSR count). The summed E-state index contributed by atoms with van der Waals surface area (Å²) in [5, 5.41) is 3.11. The van der Waals surface area contributed by atoms with Crippen LogP contribution in [0.4, 0.5) is 5.69 Å². The number of hydrogen-bond donors (Lipinski definition) is 2. The minimum absolute atomic E-state index is 0.0522. The molecule has 0 saturated carbocycles. The highest BCUT2D eigenvalue weighted by Crippen LogP contribution is 2.55. The van der Waals surface area contributed by atoms with Crippen LogP contribution >= 0.6 is 0 Å². The molecule has 1 unspecified atom stereocenters. The Bertz CT molecular complexity index is 1250. The second kappa shape index (κ2) is 8.67. The van der Waals surface area contributed by atoms with Gasteiger partial charge in [-0.15, -0.1) is 0 Å². The minimum atomic E-state index is -3.40. The number of anilines is 1. The van der Waals surface area contributed by atoms with Crippen LogP contribution in [0.3, 0.4) is 0 Å². The fourth-order valence-electron chi connectivity index (χ4n) is 5.51. The van der Waals surface area contributed by atoms with Crippen LogP contribution in [0.15, 0.2) is 72.8 Å². The summed E-state index contributed by atoms with van der Waals surface area (Å²) in [5.74, 6) is 0.816. The lowest BCUT2D eigenvalue weighted by atomic mass is 9.59. The van der Waals surface area contributed by atoms with Crippen molar-refractivity contribution in [3.63, 3.8) is 0 Å². The highest BCUT2D eigenvalue weighted by Gasteiger charge is 2.42. The Balaban J connectivity index is 1.33. The molecule has 0 radical (unpaired) electrons. The zero-order valence-corrected chi connectivity index (χ0v) is 19.4. The smallest absolute Gasteiger partial charge is 0.251 e. The molecule has 3 aliphatic rings. The molecule has 2 bridgehead atoms. The molecule has 3 aliphatic carbocycles. The van der Waals surface area contributed by atoms with E-state index in [0.29, 0.717) is 36.1 Å². The average Bonchev–Trinajstić information content (AvgIpc) is 2.82. The molecule has 3 aromatic carbocycles. The van der Waals surface area contributed by atoms with E-state index in [9.17, 15) is 13.2 Å². The first-order valence-electron chi connectivity index (χ1n) is 11.5. The molecule has 5 nitrogen and oxygen atoms in total. The van der Waals surface area contributed by atoms with Gasteiger partial charge in [0.25, 0.3) is 5.91 Å². The van der Waals surface area contributed by atoms with Crippen molar-refractivity contribution in [2.45, 2.75) is 31.6 Å². The summed E-state index contributed by atoms with van der Waals surface area (Å²) in [5.41, 5.74) is 6.44. The first-order valence-corrected chi connectivity index (χ1v) is 13.2. The Morgan fingerprint density at radius 1 is 0.909 bits per heavy atom. The van der Waals surface area contributed by atoms with E-state index < -0.39 is 10.0 Å². The van der Waals surface area contributed by atoms with Crippen LogP contribution in [-0.4, -0.2) is 26.6 Å². The lowest BCUT2D eigenvalue weighted by Gasteiger charge is -2.45. The Hall–Kier alpha value is -3.12. The maximum absolute atomic E-state index is 12.9. The van der Waals surface area contributed by atoms with Gasteiger partial charge >= 0.3 is 0 Å². The van der Waals surface area contributed by atoms with Gasteiger partial charge in [0.2, 0.25) is 10.0 Å². The first kappa shape index (κ1) is 21.7. The number of hydrogen-bond acceptors (Lipinski definition) is 3. The topological polar surface area (TPSA) is 75.3 Å². The predicted octanol–water partition coefficient (Wildman–Crippen LogP) is 4.87. The Labute approximate surface area is 195 Å². The molecule has 0 saturated heterocycles. The van der Waals surface area contributed by atoms with E-state index in [1.165, 1.54) is 22.3 Å². The quantitative estimate of drug-likeness (QED) is 0.528. The van der Waals surface area contributed by atoms with Gasteiger partial charge in [0, 0.05) is 29.6 Å². The van der Waals surface area contributed by atoms with Crippen molar-refractivity contribution in [1.82, 2.24) is 5.32 Å². The van der Waals surface area contributed by atoms with E-state index in [1.54, 1.807) is 24.3 Å². The van der Waals surface area contributed by atoms with Gasteiger partial charge in [0.15, 0.2) is 0 Å². The molecule has 33 heavy (non-hydrogen) atoms. The Kier molecular flexibility index (Phi) is 5.71. The van der Waals surface area contributed by atoms with Crippen LogP contribution in [0.2, 0.25) is 0 Å². The van der Waals surface area contributed by atoms with Gasteiger partial charge in [-0.3, -0.25) is 9.52 Å². The Morgan fingerprint density at radius 3 is 2.18 bits per heavy atom. The summed E-state index contributed by atoms with van der Waals surface area (Å²) in [6, 6.07) is 24.0. The molecule has 2 N–H and O–H groups in total. The fraction of sp³-hybridized carbons (Fsp3) is 0.296. The molecular formula is C27H28N2O3S. The zero-order chi connectivity index (χ0) is 23.0. The van der Waals surface area contributed by atoms with Gasteiger partial charge < -0.3 is 5.32 Å². The van der Waals surface area contributed by atoms with Crippen LogP contribution < -0.4 is 10.0 Å². The van der Waals surface area contributed by atoms with Gasteiger partial charge in [-0.1, -0.05) is 61.5 Å². The molecule has 170 valence electrons. The van der Waals surface area contributed by atoms with Crippen molar-refractivity contribution in [2.24, 2.45) is 5.92 Å². The summed E-state index contributed by atoms with van der Waals surface area (Å²) in [6.45, 7) is 2.40. The van der Waals surface area contributed by atoms with E-state index in [2.05, 4.69) is 58.6 Å². The monoisotopic (exact) mass is 460 g/mol. The van der Waals surface area contributed by atoms with Gasteiger partial charge in [-0.2, -0.15) is 0 Å². The van der Waals surface area contributed by atoms with E-state index in [4.69, 9.17) is 0 Å². The maximum atomic E-state index is 12.9. The van der Waals surface area contributed by atoms with Crippen LogP contribution in [-0.2, 0) is 10.0 Å². The maximum Gasteiger partial charge on any atom is 0.251 e. The van der Waals surface area contributed by atoms with Crippen LogP contribution in [0, 0.1) is 5.92 Å². The molecule has 3 aromatic rings. The normalized spacial score (nSPS) is 20.6. The molecule has 1 atom stereocenters. The summed E-state index contributed by atoms with van der Waals surface area (Å²) >= 11 is 0. The summed E-state index contributed by atoms with van der Waals surface area (Å²) < 4.78 is 26.7. The van der Waals surface area contributed by atoms with E-state index in [-0.39, 0.29) is 17.6 Å². The molecular weight excluding hydrogens is 432 g/mol. The number of benzene rings is 3. The third kappa shape index (κ3) is 4.15. The lowest BCUT2D eigenvalue weighted by Crippen LogP contribution is -2.39. The van der Waals surface area contributed by atoms with Crippen molar-refractivity contribution in [3.05, 3.63) is 101 Å². The molecule has 0 aliphatic heterocycles. The standard InChI is InChI=1S/C27H28N2O3S/c1-2-14-33(31,32)29-20-9-7-8-18(15-20)27(30)28-17-19-16-25-21-10-3-5-12-23(21)26(19)24-13-6-4-11-22(24)25/h3-13,15,19,25-26,29H,2,14,16-17H2,1H3,(H,28,30). The number of carbonyl (C=O) groups excluding carboxylic acids is 1. The third-order valence-electron chi connectivity index (χ3n) is 6.82. The SMILES string of the molecule is CCCS(=O)(=O)Nc1cccc(C(=O)NCC2CC3c4ccccc4C2c2ccccc23)c1. The molecule has 0 fully saturated rings. The van der Waals surface area contributed by atoms with E-state index in [1.807, 2.05) is 6.92 Å².